The summed E-state index contributed by atoms with van der Waals surface area (Å²) in [6.07, 6.45) is 3.78. The fraction of sp³-hybridized carbons (Fsp3) is 0.444. The van der Waals surface area contributed by atoms with Gasteiger partial charge in [0.15, 0.2) is 17.5 Å². The Morgan fingerprint density at radius 1 is 1.30 bits per heavy atom. The van der Waals surface area contributed by atoms with Crippen molar-refractivity contribution in [2.75, 3.05) is 32.2 Å². The van der Waals surface area contributed by atoms with Gasteiger partial charge in [-0.1, -0.05) is 17.8 Å². The molecule has 0 saturated heterocycles. The lowest BCUT2D eigenvalue weighted by Crippen LogP contribution is -2.38. The van der Waals surface area contributed by atoms with Gasteiger partial charge in [0.2, 0.25) is 6.79 Å². The first-order valence-electron chi connectivity index (χ1n) is 8.78. The van der Waals surface area contributed by atoms with Crippen LogP contribution in [0.25, 0.3) is 0 Å². The van der Waals surface area contributed by atoms with Crippen LogP contribution < -0.4 is 20.1 Å². The second kappa shape index (κ2) is 12.3. The van der Waals surface area contributed by atoms with Gasteiger partial charge >= 0.3 is 0 Å². The first-order chi connectivity index (χ1) is 12.8. The fourth-order valence-corrected chi connectivity index (χ4v) is 4.09. The highest BCUT2D eigenvalue weighted by molar-refractivity contribution is 14.0. The molecule has 1 aliphatic heterocycles. The van der Waals surface area contributed by atoms with Gasteiger partial charge in [0.25, 0.3) is 0 Å². The van der Waals surface area contributed by atoms with E-state index in [9.17, 15) is 0 Å². The van der Waals surface area contributed by atoms with Crippen molar-refractivity contribution >= 4 is 53.0 Å². The van der Waals surface area contributed by atoms with Gasteiger partial charge in [-0.15, -0.1) is 35.3 Å². The zero-order valence-corrected chi connectivity index (χ0v) is 19.2. The van der Waals surface area contributed by atoms with E-state index in [2.05, 4.69) is 33.6 Å². The van der Waals surface area contributed by atoms with Crippen LogP contribution in [0, 0.1) is 0 Å². The Labute approximate surface area is 185 Å². The first kappa shape index (κ1) is 22.1. The number of nitrogens with one attached hydrogen (secondary N) is 2. The Morgan fingerprint density at radius 3 is 3.00 bits per heavy atom. The van der Waals surface area contributed by atoms with Crippen LogP contribution in [0.1, 0.15) is 18.9 Å². The number of ether oxygens (including phenoxy) is 2. The predicted molar refractivity (Wildman–Crippen MR) is 123 cm³/mol. The number of halogens is 1. The lowest BCUT2D eigenvalue weighted by atomic mass is 10.1. The summed E-state index contributed by atoms with van der Waals surface area (Å²) in [4.78, 5) is 8.91. The molecule has 9 heteroatoms. The molecular weight excluding hydrogens is 495 g/mol. The molecule has 2 aromatic rings. The van der Waals surface area contributed by atoms with E-state index >= 15 is 0 Å². The van der Waals surface area contributed by atoms with Crippen LogP contribution in [0.4, 0.5) is 0 Å². The van der Waals surface area contributed by atoms with E-state index < -0.39 is 0 Å². The molecule has 0 saturated carbocycles. The van der Waals surface area contributed by atoms with Crippen molar-refractivity contribution in [2.24, 2.45) is 4.99 Å². The fourth-order valence-electron chi connectivity index (χ4n) is 2.46. The molecule has 1 aliphatic rings. The number of aromatic nitrogens is 1. The van der Waals surface area contributed by atoms with Crippen LogP contribution >= 0.6 is 47.1 Å². The van der Waals surface area contributed by atoms with Crippen LogP contribution in [0.2, 0.25) is 0 Å². The molecule has 148 valence electrons. The quantitative estimate of drug-likeness (QED) is 0.173. The molecule has 0 atom stereocenters. The summed E-state index contributed by atoms with van der Waals surface area (Å²) >= 11 is 3.48. The zero-order chi connectivity index (χ0) is 18.0. The molecule has 1 aromatic heterocycles. The minimum atomic E-state index is 0. The molecule has 0 bridgehead atoms. The van der Waals surface area contributed by atoms with Crippen LogP contribution in [0.15, 0.2) is 39.1 Å². The number of nitrogens with zero attached hydrogens (tertiary/aromatic N) is 2. The maximum atomic E-state index is 5.42. The van der Waals surface area contributed by atoms with E-state index in [1.165, 1.54) is 5.56 Å². The third-order valence-corrected chi connectivity index (χ3v) is 5.75. The van der Waals surface area contributed by atoms with E-state index in [-0.39, 0.29) is 24.0 Å². The number of thiazole rings is 1. The zero-order valence-electron chi connectivity index (χ0n) is 15.3. The van der Waals surface area contributed by atoms with Gasteiger partial charge in [-0.2, -0.15) is 0 Å². The van der Waals surface area contributed by atoms with E-state index in [4.69, 9.17) is 9.47 Å². The smallest absolute Gasteiger partial charge is 0.231 e. The summed E-state index contributed by atoms with van der Waals surface area (Å²) in [6, 6.07) is 6.09. The van der Waals surface area contributed by atoms with Crippen LogP contribution in [-0.4, -0.2) is 43.1 Å². The van der Waals surface area contributed by atoms with E-state index in [1.807, 2.05) is 23.7 Å². The average Bonchev–Trinajstić information content (AvgIpc) is 3.32. The third kappa shape index (κ3) is 7.38. The largest absolute Gasteiger partial charge is 0.454 e. The highest BCUT2D eigenvalue weighted by Crippen LogP contribution is 2.32. The summed E-state index contributed by atoms with van der Waals surface area (Å²) in [5, 5.41) is 8.69. The second-order valence-electron chi connectivity index (χ2n) is 5.63. The SMILES string of the molecule is CCNC(=NCCCSc1nccs1)NCCc1ccc2c(c1)OCO2.I. The van der Waals surface area contributed by atoms with Crippen molar-refractivity contribution < 1.29 is 9.47 Å². The number of fused-ring (bicyclic) bond motifs is 1. The molecule has 0 spiro atoms. The van der Waals surface area contributed by atoms with Crippen molar-refractivity contribution in [3.05, 3.63) is 35.3 Å². The maximum absolute atomic E-state index is 5.42. The number of hydrogen-bond donors (Lipinski definition) is 2. The molecule has 0 aliphatic carbocycles. The van der Waals surface area contributed by atoms with Gasteiger partial charge in [-0.05, 0) is 37.5 Å². The highest BCUT2D eigenvalue weighted by Gasteiger charge is 2.12. The predicted octanol–water partition coefficient (Wildman–Crippen LogP) is 3.77. The highest BCUT2D eigenvalue weighted by atomic mass is 127. The molecule has 1 aromatic carbocycles. The Kier molecular flexibility index (Phi) is 10.1. The Morgan fingerprint density at radius 2 is 2.19 bits per heavy atom. The van der Waals surface area contributed by atoms with Crippen LogP contribution in [-0.2, 0) is 6.42 Å². The Hall–Kier alpha value is -1.20. The van der Waals surface area contributed by atoms with Gasteiger partial charge in [0.1, 0.15) is 4.34 Å². The lowest BCUT2D eigenvalue weighted by molar-refractivity contribution is 0.174. The monoisotopic (exact) mass is 520 g/mol. The van der Waals surface area contributed by atoms with Crippen LogP contribution in [0.5, 0.6) is 11.5 Å². The number of aliphatic imine (C=N–C) groups is 1. The number of hydrogen-bond acceptors (Lipinski definition) is 6. The molecule has 0 radical (unpaired) electrons. The third-order valence-electron chi connectivity index (χ3n) is 3.69. The van der Waals surface area contributed by atoms with Crippen molar-refractivity contribution in [3.8, 4) is 11.5 Å². The Balaban J connectivity index is 0.00000261. The van der Waals surface area contributed by atoms with Gasteiger partial charge in [-0.25, -0.2) is 4.98 Å². The molecule has 3 rings (SSSR count). The van der Waals surface area contributed by atoms with Crippen molar-refractivity contribution in [2.45, 2.75) is 24.1 Å². The average molecular weight is 520 g/mol. The minimum absolute atomic E-state index is 0. The molecule has 2 heterocycles. The van der Waals surface area contributed by atoms with Crippen molar-refractivity contribution in [3.63, 3.8) is 0 Å². The molecule has 0 fully saturated rings. The lowest BCUT2D eigenvalue weighted by Gasteiger charge is -2.11. The number of guanidine groups is 1. The molecule has 0 unspecified atom stereocenters. The molecule has 6 nitrogen and oxygen atoms in total. The molecular formula is C18H25IN4O2S2. The Bertz CT molecular complexity index is 713. The van der Waals surface area contributed by atoms with Crippen molar-refractivity contribution in [1.82, 2.24) is 15.6 Å². The van der Waals surface area contributed by atoms with Gasteiger partial charge in [-0.3, -0.25) is 4.99 Å². The first-order valence-corrected chi connectivity index (χ1v) is 10.6. The number of rotatable bonds is 9. The van der Waals surface area contributed by atoms with Gasteiger partial charge < -0.3 is 20.1 Å². The summed E-state index contributed by atoms with van der Waals surface area (Å²) in [5.41, 5.74) is 1.22. The maximum Gasteiger partial charge on any atom is 0.231 e. The minimum Gasteiger partial charge on any atom is -0.454 e. The summed E-state index contributed by atoms with van der Waals surface area (Å²) in [6.45, 7) is 4.86. The topological polar surface area (TPSA) is 67.8 Å². The van der Waals surface area contributed by atoms with Crippen molar-refractivity contribution in [1.29, 1.82) is 0 Å². The van der Waals surface area contributed by atoms with Crippen LogP contribution in [0.3, 0.4) is 0 Å². The summed E-state index contributed by atoms with van der Waals surface area (Å²) in [7, 11) is 0. The number of benzene rings is 1. The number of thioether (sulfide) groups is 1. The van der Waals surface area contributed by atoms with E-state index in [0.29, 0.717) is 6.79 Å². The normalized spacial score (nSPS) is 12.6. The molecule has 2 N–H and O–H groups in total. The molecule has 0 amide bonds. The van der Waals surface area contributed by atoms with Gasteiger partial charge in [0.05, 0.1) is 0 Å². The van der Waals surface area contributed by atoms with E-state index in [1.54, 1.807) is 23.1 Å². The van der Waals surface area contributed by atoms with E-state index in [0.717, 1.165) is 60.0 Å². The molecule has 27 heavy (non-hydrogen) atoms. The second-order valence-corrected chi connectivity index (χ2v) is 7.86. The summed E-state index contributed by atoms with van der Waals surface area (Å²) in [5.74, 6) is 3.56. The summed E-state index contributed by atoms with van der Waals surface area (Å²) < 4.78 is 11.9. The standard InChI is InChI=1S/C18H24N4O2S2.HI/c1-2-19-17(20-7-3-10-25-18-22-9-11-26-18)21-8-6-14-4-5-15-16(12-14)24-13-23-15;/h4-5,9,11-12H,2-3,6-8,10,13H2,1H3,(H2,19,20,21);1H. The van der Waals surface area contributed by atoms with Gasteiger partial charge in [0, 0.05) is 37.0 Å².